The number of hydrogen-bond donors (Lipinski definition) is 1. The molecule has 0 aromatic rings. The van der Waals surface area contributed by atoms with Crippen LogP contribution in [0.5, 0.6) is 0 Å². The molecule has 0 aliphatic heterocycles. The molecule has 4 nitrogen and oxygen atoms in total. The van der Waals surface area contributed by atoms with Gasteiger partial charge in [-0.15, -0.1) is 0 Å². The minimum Gasteiger partial charge on any atom is -0.299 e. The van der Waals surface area contributed by atoms with Crippen LogP contribution in [0.15, 0.2) is 0 Å². The first-order valence-corrected chi connectivity index (χ1v) is 10.6. The van der Waals surface area contributed by atoms with Crippen LogP contribution in [-0.4, -0.2) is 32.2 Å². The number of nitrogens with one attached hydrogen (secondary N) is 1. The van der Waals surface area contributed by atoms with Crippen molar-refractivity contribution in [3.8, 4) is 0 Å². The average molecular weight is 381 g/mol. The van der Waals surface area contributed by atoms with Crippen molar-refractivity contribution >= 4 is 15.8 Å². The van der Waals surface area contributed by atoms with E-state index in [1.807, 2.05) is 13.8 Å². The number of sulfonamides is 1. The third-order valence-corrected chi connectivity index (χ3v) is 8.63. The van der Waals surface area contributed by atoms with Crippen LogP contribution in [0.2, 0.25) is 0 Å². The van der Waals surface area contributed by atoms with Gasteiger partial charge in [-0.3, -0.25) is 4.79 Å². The van der Waals surface area contributed by atoms with Crippen molar-refractivity contribution in [1.82, 2.24) is 4.72 Å². The summed E-state index contributed by atoms with van der Waals surface area (Å²) in [6.45, 7) is 3.84. The topological polar surface area (TPSA) is 63.2 Å². The summed E-state index contributed by atoms with van der Waals surface area (Å²) in [5.74, 6) is -1.90. The summed E-state index contributed by atoms with van der Waals surface area (Å²) >= 11 is 0. The zero-order valence-electron chi connectivity index (χ0n) is 14.7. The second-order valence-electron chi connectivity index (χ2n) is 8.58. The van der Waals surface area contributed by atoms with E-state index in [-0.39, 0.29) is 30.3 Å². The Kier molecular flexibility index (Phi) is 4.55. The molecule has 25 heavy (non-hydrogen) atoms. The van der Waals surface area contributed by atoms with Crippen LogP contribution in [0.25, 0.3) is 0 Å². The van der Waals surface area contributed by atoms with Gasteiger partial charge in [0.2, 0.25) is 10.0 Å². The fourth-order valence-corrected chi connectivity index (χ4v) is 7.52. The highest BCUT2D eigenvalue weighted by Crippen LogP contribution is 2.64. The van der Waals surface area contributed by atoms with Gasteiger partial charge in [0.25, 0.3) is 0 Å². The van der Waals surface area contributed by atoms with Gasteiger partial charge in [0.1, 0.15) is 5.78 Å². The molecular weight excluding hydrogens is 355 g/mol. The number of fused-ring (bicyclic) bond motifs is 2. The number of rotatable bonds is 4. The van der Waals surface area contributed by atoms with E-state index in [1.165, 1.54) is 0 Å². The molecule has 3 saturated carbocycles. The highest BCUT2D eigenvalue weighted by molar-refractivity contribution is 7.89. The van der Waals surface area contributed by atoms with Gasteiger partial charge >= 0.3 is 6.18 Å². The molecule has 0 spiro atoms. The molecule has 0 unspecified atom stereocenters. The minimum absolute atomic E-state index is 0.0462. The zero-order valence-corrected chi connectivity index (χ0v) is 15.5. The maximum absolute atomic E-state index is 13.2. The van der Waals surface area contributed by atoms with Crippen LogP contribution < -0.4 is 4.72 Å². The molecule has 0 heterocycles. The number of hydrogen-bond acceptors (Lipinski definition) is 3. The van der Waals surface area contributed by atoms with Crippen molar-refractivity contribution < 1.29 is 26.4 Å². The van der Waals surface area contributed by atoms with Crippen LogP contribution in [0.4, 0.5) is 13.2 Å². The van der Waals surface area contributed by atoms with Gasteiger partial charge in [-0.2, -0.15) is 13.2 Å². The van der Waals surface area contributed by atoms with Gasteiger partial charge in [-0.05, 0) is 37.0 Å². The molecule has 3 fully saturated rings. The Morgan fingerprint density at radius 1 is 1.16 bits per heavy atom. The van der Waals surface area contributed by atoms with Crippen molar-refractivity contribution in [3.63, 3.8) is 0 Å². The fraction of sp³-hybridized carbons (Fsp3) is 0.941. The molecule has 0 saturated heterocycles. The molecule has 0 amide bonds. The van der Waals surface area contributed by atoms with Gasteiger partial charge in [0, 0.05) is 17.9 Å². The first kappa shape index (κ1) is 19.1. The smallest absolute Gasteiger partial charge is 0.299 e. The molecular formula is C17H26F3NO3S. The second-order valence-corrected chi connectivity index (χ2v) is 10.3. The monoisotopic (exact) mass is 381 g/mol. The van der Waals surface area contributed by atoms with Gasteiger partial charge < -0.3 is 0 Å². The van der Waals surface area contributed by atoms with Gasteiger partial charge in [-0.25, -0.2) is 13.1 Å². The van der Waals surface area contributed by atoms with E-state index >= 15 is 0 Å². The van der Waals surface area contributed by atoms with Crippen LogP contribution in [0.3, 0.4) is 0 Å². The van der Waals surface area contributed by atoms with E-state index in [0.29, 0.717) is 25.7 Å². The highest BCUT2D eigenvalue weighted by Gasteiger charge is 2.65. The predicted octanol–water partition coefficient (Wildman–Crippen LogP) is 3.42. The molecule has 0 aromatic carbocycles. The molecule has 1 N–H and O–H groups in total. The molecule has 144 valence electrons. The largest absolute Gasteiger partial charge is 0.393 e. The lowest BCUT2D eigenvalue weighted by atomic mass is 9.70. The average Bonchev–Trinajstić information content (AvgIpc) is 2.79. The number of halogens is 3. The summed E-state index contributed by atoms with van der Waals surface area (Å²) in [5.41, 5.74) is -1.37. The minimum atomic E-state index is -4.41. The van der Waals surface area contributed by atoms with E-state index in [9.17, 15) is 26.4 Å². The van der Waals surface area contributed by atoms with Crippen molar-refractivity contribution in [2.75, 3.05) is 5.75 Å². The molecule has 8 heteroatoms. The van der Waals surface area contributed by atoms with E-state index in [0.717, 1.165) is 6.42 Å². The fourth-order valence-electron chi connectivity index (χ4n) is 5.37. The van der Waals surface area contributed by atoms with Crippen LogP contribution in [-0.2, 0) is 14.8 Å². The lowest BCUT2D eigenvalue weighted by Gasteiger charge is -2.38. The first-order chi connectivity index (χ1) is 11.4. The normalized spacial score (nSPS) is 38.3. The highest BCUT2D eigenvalue weighted by atomic mass is 32.2. The second kappa shape index (κ2) is 5.94. The van der Waals surface area contributed by atoms with Crippen molar-refractivity contribution in [1.29, 1.82) is 0 Å². The van der Waals surface area contributed by atoms with E-state index in [2.05, 4.69) is 4.72 Å². The summed E-state index contributed by atoms with van der Waals surface area (Å²) in [5, 5.41) is 0. The van der Waals surface area contributed by atoms with Crippen LogP contribution in [0.1, 0.15) is 58.8 Å². The Morgan fingerprint density at radius 3 is 2.32 bits per heavy atom. The lowest BCUT2D eigenvalue weighted by Crippen LogP contribution is -2.51. The summed E-state index contributed by atoms with van der Waals surface area (Å²) in [7, 11) is -3.98. The maximum Gasteiger partial charge on any atom is 0.393 e. The Hall–Kier alpha value is -0.630. The van der Waals surface area contributed by atoms with Gasteiger partial charge in [-0.1, -0.05) is 26.7 Å². The summed E-state index contributed by atoms with van der Waals surface area (Å²) in [4.78, 5) is 12.5. The molecule has 3 rings (SSSR count). The third kappa shape index (κ3) is 3.13. The maximum atomic E-state index is 13.2. The lowest BCUT2D eigenvalue weighted by molar-refractivity contribution is -0.187. The summed E-state index contributed by atoms with van der Waals surface area (Å²) < 4.78 is 67.4. The van der Waals surface area contributed by atoms with Crippen LogP contribution >= 0.6 is 0 Å². The summed E-state index contributed by atoms with van der Waals surface area (Å²) in [6.07, 6.45) is -1.52. The Bertz CT molecular complexity index is 659. The number of ketones is 1. The number of alkyl halides is 3. The summed E-state index contributed by atoms with van der Waals surface area (Å²) in [6, 6.07) is -1.12. The molecule has 4 atom stereocenters. The van der Waals surface area contributed by atoms with Gasteiger partial charge in [0.05, 0.1) is 11.7 Å². The molecule has 2 bridgehead atoms. The Balaban J connectivity index is 1.79. The zero-order chi connectivity index (χ0) is 18.7. The van der Waals surface area contributed by atoms with Crippen molar-refractivity contribution in [2.45, 2.75) is 71.0 Å². The Morgan fingerprint density at radius 2 is 1.80 bits per heavy atom. The number of carbonyl (C=O) groups is 1. The predicted molar refractivity (Wildman–Crippen MR) is 87.3 cm³/mol. The third-order valence-electron chi connectivity index (χ3n) is 7.09. The molecule has 0 radical (unpaired) electrons. The van der Waals surface area contributed by atoms with E-state index in [1.54, 1.807) is 0 Å². The van der Waals surface area contributed by atoms with E-state index < -0.39 is 39.0 Å². The standard InChI is InChI=1S/C17H26F3NO3S/c1-15(2)11-7-8-16(15,14(22)9-11)10-25(23,24)21-13-6-4-3-5-12(13)17(18,19)20/h11-13,21H,3-10H2,1-2H3/t11-,12-,13+,16+/m0/s1. The first-order valence-electron chi connectivity index (χ1n) is 8.99. The number of carbonyl (C=O) groups excluding carboxylic acids is 1. The SMILES string of the molecule is CC1(C)[C@H]2CC[C@@]1(CS(=O)(=O)N[C@@H]1CCCC[C@@H]1C(F)(F)F)C(=O)C2. The quantitative estimate of drug-likeness (QED) is 0.812. The van der Waals surface area contributed by atoms with Crippen molar-refractivity contribution in [2.24, 2.45) is 22.7 Å². The molecule has 3 aliphatic rings. The van der Waals surface area contributed by atoms with Gasteiger partial charge in [0.15, 0.2) is 0 Å². The van der Waals surface area contributed by atoms with Crippen LogP contribution in [0, 0.1) is 22.7 Å². The number of Topliss-reactive ketones (excluding diaryl/α,β-unsaturated/α-hetero) is 1. The molecule has 3 aliphatic carbocycles. The molecule has 0 aromatic heterocycles. The van der Waals surface area contributed by atoms with E-state index in [4.69, 9.17) is 0 Å². The Labute approximate surface area is 147 Å². The van der Waals surface area contributed by atoms with Crippen molar-refractivity contribution in [3.05, 3.63) is 0 Å².